The van der Waals surface area contributed by atoms with Gasteiger partial charge in [-0.3, -0.25) is 9.78 Å². The SMILES string of the molecule is O=C(O)CC1(c2cc(F)ccn2)CCC1. The molecular formula is C11H12FNO2. The molecule has 1 heterocycles. The summed E-state index contributed by atoms with van der Waals surface area (Å²) in [5.74, 6) is -1.20. The second-order valence-corrected chi connectivity index (χ2v) is 4.06. The van der Waals surface area contributed by atoms with Crippen LogP contribution in [0.2, 0.25) is 0 Å². The first-order valence-corrected chi connectivity index (χ1v) is 4.96. The van der Waals surface area contributed by atoms with Gasteiger partial charge in [-0.2, -0.15) is 0 Å². The van der Waals surface area contributed by atoms with Crippen LogP contribution in [0.3, 0.4) is 0 Å². The van der Waals surface area contributed by atoms with Crippen molar-refractivity contribution in [3.05, 3.63) is 29.8 Å². The van der Waals surface area contributed by atoms with Gasteiger partial charge in [0.2, 0.25) is 0 Å². The Kier molecular flexibility index (Phi) is 2.42. The molecule has 0 saturated heterocycles. The van der Waals surface area contributed by atoms with E-state index in [0.717, 1.165) is 19.3 Å². The fraction of sp³-hybridized carbons (Fsp3) is 0.455. The van der Waals surface area contributed by atoms with E-state index in [1.165, 1.54) is 18.3 Å². The van der Waals surface area contributed by atoms with Gasteiger partial charge in [0.15, 0.2) is 0 Å². The lowest BCUT2D eigenvalue weighted by Crippen LogP contribution is -2.37. The molecule has 80 valence electrons. The van der Waals surface area contributed by atoms with Crippen LogP contribution in [-0.4, -0.2) is 16.1 Å². The normalized spacial score (nSPS) is 18.2. The summed E-state index contributed by atoms with van der Waals surface area (Å²) >= 11 is 0. The lowest BCUT2D eigenvalue weighted by atomic mass is 9.64. The Labute approximate surface area is 87.0 Å². The number of nitrogens with zero attached hydrogens (tertiary/aromatic N) is 1. The molecule has 1 N–H and O–H groups in total. The summed E-state index contributed by atoms with van der Waals surface area (Å²) < 4.78 is 13.0. The maximum atomic E-state index is 13.0. The van der Waals surface area contributed by atoms with Crippen molar-refractivity contribution in [1.82, 2.24) is 4.98 Å². The Hall–Kier alpha value is -1.45. The molecular weight excluding hydrogens is 197 g/mol. The average molecular weight is 209 g/mol. The minimum atomic E-state index is -0.847. The first-order chi connectivity index (χ1) is 7.12. The van der Waals surface area contributed by atoms with Crippen molar-refractivity contribution in [2.75, 3.05) is 0 Å². The van der Waals surface area contributed by atoms with Crippen molar-refractivity contribution >= 4 is 5.97 Å². The van der Waals surface area contributed by atoms with Gasteiger partial charge in [-0.25, -0.2) is 4.39 Å². The van der Waals surface area contributed by atoms with Crippen LogP contribution in [-0.2, 0) is 10.2 Å². The summed E-state index contributed by atoms with van der Waals surface area (Å²) in [6.45, 7) is 0. The number of aliphatic carboxylic acids is 1. The second-order valence-electron chi connectivity index (χ2n) is 4.06. The molecule has 4 heteroatoms. The van der Waals surface area contributed by atoms with E-state index in [-0.39, 0.29) is 12.2 Å². The van der Waals surface area contributed by atoms with Crippen molar-refractivity contribution in [3.63, 3.8) is 0 Å². The van der Waals surface area contributed by atoms with Crippen LogP contribution in [0.15, 0.2) is 18.3 Å². The highest BCUT2D eigenvalue weighted by Crippen LogP contribution is 2.45. The largest absolute Gasteiger partial charge is 0.481 e. The van der Waals surface area contributed by atoms with Crippen molar-refractivity contribution < 1.29 is 14.3 Å². The number of rotatable bonds is 3. The van der Waals surface area contributed by atoms with Gasteiger partial charge in [0.05, 0.1) is 6.42 Å². The second kappa shape index (κ2) is 3.61. The molecule has 1 aromatic rings. The van der Waals surface area contributed by atoms with E-state index in [9.17, 15) is 9.18 Å². The molecule has 0 bridgehead atoms. The Bertz CT molecular complexity index is 388. The number of carbonyl (C=O) groups is 1. The van der Waals surface area contributed by atoms with E-state index in [1.807, 2.05) is 0 Å². The quantitative estimate of drug-likeness (QED) is 0.829. The fourth-order valence-corrected chi connectivity index (χ4v) is 2.11. The van der Waals surface area contributed by atoms with Crippen LogP contribution in [0, 0.1) is 5.82 Å². The summed E-state index contributed by atoms with van der Waals surface area (Å²) in [7, 11) is 0. The third-order valence-corrected chi connectivity index (χ3v) is 3.07. The van der Waals surface area contributed by atoms with E-state index in [1.54, 1.807) is 0 Å². The highest BCUT2D eigenvalue weighted by Gasteiger charge is 2.41. The van der Waals surface area contributed by atoms with Crippen molar-refractivity contribution in [2.24, 2.45) is 0 Å². The predicted molar refractivity (Wildman–Crippen MR) is 52.0 cm³/mol. The highest BCUT2D eigenvalue weighted by atomic mass is 19.1. The van der Waals surface area contributed by atoms with Gasteiger partial charge < -0.3 is 5.11 Å². The first-order valence-electron chi connectivity index (χ1n) is 4.96. The molecule has 1 aromatic heterocycles. The molecule has 0 spiro atoms. The number of pyridine rings is 1. The maximum Gasteiger partial charge on any atom is 0.304 e. The highest BCUT2D eigenvalue weighted by molar-refractivity contribution is 5.69. The third kappa shape index (κ3) is 1.84. The van der Waals surface area contributed by atoms with E-state index in [2.05, 4.69) is 4.98 Å². The number of aromatic nitrogens is 1. The zero-order chi connectivity index (χ0) is 10.9. The number of hydrogen-bond acceptors (Lipinski definition) is 2. The van der Waals surface area contributed by atoms with Gasteiger partial charge in [-0.1, -0.05) is 6.42 Å². The summed E-state index contributed by atoms with van der Waals surface area (Å²) in [5.41, 5.74) is 0.157. The predicted octanol–water partition coefficient (Wildman–Crippen LogP) is 2.12. The van der Waals surface area contributed by atoms with Gasteiger partial charge in [0.25, 0.3) is 0 Å². The molecule has 1 aliphatic carbocycles. The summed E-state index contributed by atoms with van der Waals surface area (Å²) in [5, 5.41) is 8.82. The third-order valence-electron chi connectivity index (χ3n) is 3.07. The Morgan fingerprint density at radius 3 is 2.80 bits per heavy atom. The van der Waals surface area contributed by atoms with Crippen LogP contribution in [0.25, 0.3) is 0 Å². The molecule has 1 fully saturated rings. The average Bonchev–Trinajstić information content (AvgIpc) is 2.11. The Morgan fingerprint density at radius 2 is 2.33 bits per heavy atom. The number of carboxylic acid groups (broad SMARTS) is 1. The van der Waals surface area contributed by atoms with Crippen LogP contribution in [0.1, 0.15) is 31.4 Å². The molecule has 15 heavy (non-hydrogen) atoms. The van der Waals surface area contributed by atoms with E-state index < -0.39 is 11.4 Å². The fourth-order valence-electron chi connectivity index (χ4n) is 2.11. The molecule has 1 saturated carbocycles. The first kappa shape index (κ1) is 10.1. The van der Waals surface area contributed by atoms with Crippen molar-refractivity contribution in [1.29, 1.82) is 0 Å². The minimum Gasteiger partial charge on any atom is -0.481 e. The van der Waals surface area contributed by atoms with E-state index in [0.29, 0.717) is 5.69 Å². The van der Waals surface area contributed by atoms with Crippen molar-refractivity contribution in [2.45, 2.75) is 31.1 Å². The molecule has 1 aliphatic rings. The molecule has 0 unspecified atom stereocenters. The zero-order valence-corrected chi connectivity index (χ0v) is 8.24. The van der Waals surface area contributed by atoms with Gasteiger partial charge in [0, 0.05) is 17.3 Å². The Balaban J connectivity index is 2.29. The van der Waals surface area contributed by atoms with Gasteiger partial charge in [-0.15, -0.1) is 0 Å². The topological polar surface area (TPSA) is 50.2 Å². The minimum absolute atomic E-state index is 0.0451. The van der Waals surface area contributed by atoms with Gasteiger partial charge in [-0.05, 0) is 25.0 Å². The summed E-state index contributed by atoms with van der Waals surface area (Å²) in [4.78, 5) is 14.8. The van der Waals surface area contributed by atoms with Gasteiger partial charge >= 0.3 is 5.97 Å². The summed E-state index contributed by atoms with van der Waals surface area (Å²) in [6.07, 6.45) is 4.01. The van der Waals surface area contributed by atoms with Crippen LogP contribution in [0.5, 0.6) is 0 Å². The van der Waals surface area contributed by atoms with E-state index >= 15 is 0 Å². The standard InChI is InChI=1S/C11H12FNO2/c12-8-2-5-13-9(6-8)11(3-1-4-11)7-10(14)15/h2,5-6H,1,3-4,7H2,(H,14,15). The molecule has 0 aromatic carbocycles. The molecule has 0 atom stereocenters. The van der Waals surface area contributed by atoms with E-state index in [4.69, 9.17) is 5.11 Å². The van der Waals surface area contributed by atoms with Crippen LogP contribution in [0.4, 0.5) is 4.39 Å². The lowest BCUT2D eigenvalue weighted by molar-refractivity contribution is -0.139. The Morgan fingerprint density at radius 1 is 1.60 bits per heavy atom. The van der Waals surface area contributed by atoms with Crippen LogP contribution < -0.4 is 0 Å². The number of carboxylic acids is 1. The van der Waals surface area contributed by atoms with Crippen molar-refractivity contribution in [3.8, 4) is 0 Å². The monoisotopic (exact) mass is 209 g/mol. The molecule has 3 nitrogen and oxygen atoms in total. The lowest BCUT2D eigenvalue weighted by Gasteiger charge is -2.40. The molecule has 2 rings (SSSR count). The molecule has 0 aliphatic heterocycles. The molecule has 0 amide bonds. The zero-order valence-electron chi connectivity index (χ0n) is 8.24. The molecule has 0 radical (unpaired) electrons. The summed E-state index contributed by atoms with van der Waals surface area (Å²) in [6, 6.07) is 2.62. The maximum absolute atomic E-state index is 13.0. The van der Waals surface area contributed by atoms with Crippen LogP contribution >= 0.6 is 0 Å². The smallest absolute Gasteiger partial charge is 0.304 e. The number of hydrogen-bond donors (Lipinski definition) is 1. The van der Waals surface area contributed by atoms with Gasteiger partial charge in [0.1, 0.15) is 5.82 Å². The number of halogens is 1.